The zero-order chi connectivity index (χ0) is 19.9. The number of benzene rings is 1. The van der Waals surface area contributed by atoms with Gasteiger partial charge in [-0.3, -0.25) is 4.90 Å². The van der Waals surface area contributed by atoms with E-state index >= 15 is 0 Å². The van der Waals surface area contributed by atoms with Gasteiger partial charge in [-0.25, -0.2) is 4.39 Å². The smallest absolute Gasteiger partial charge is 0.123 e. The molecule has 0 amide bonds. The van der Waals surface area contributed by atoms with E-state index in [4.69, 9.17) is 4.74 Å². The molecule has 1 heterocycles. The Kier molecular flexibility index (Phi) is 8.27. The highest BCUT2D eigenvalue weighted by Gasteiger charge is 2.34. The van der Waals surface area contributed by atoms with E-state index in [9.17, 15) is 4.39 Å². The molecule has 3 unspecified atom stereocenters. The van der Waals surface area contributed by atoms with Gasteiger partial charge in [0.1, 0.15) is 5.82 Å². The van der Waals surface area contributed by atoms with E-state index < -0.39 is 0 Å². The third kappa shape index (κ3) is 5.53. The van der Waals surface area contributed by atoms with Gasteiger partial charge in [0.15, 0.2) is 0 Å². The first kappa shape index (κ1) is 21.7. The fourth-order valence-electron chi connectivity index (χ4n) is 5.08. The summed E-state index contributed by atoms with van der Waals surface area (Å²) in [4.78, 5) is 2.58. The summed E-state index contributed by atoms with van der Waals surface area (Å²) in [7, 11) is 2.07. The standard InChI is InChI=1S/C23H38FN3O/c1-4-26-17(2)27-14-6-9-22(25-3)23(27)16-28-21-12-10-18(11-13-21)19-7-5-8-20(24)15-19/h5,7-8,15,17-18,21-23,25-26H,4,6,9-14,16H2,1-3H3/t17?,18-,21+,22?,23?. The largest absolute Gasteiger partial charge is 0.377 e. The third-order valence-electron chi connectivity index (χ3n) is 6.69. The van der Waals surface area contributed by atoms with Crippen LogP contribution in [0, 0.1) is 5.82 Å². The normalized spacial score (nSPS) is 30.3. The summed E-state index contributed by atoms with van der Waals surface area (Å²) in [6.07, 6.45) is 7.47. The number of rotatable bonds is 8. The molecule has 5 heteroatoms. The van der Waals surface area contributed by atoms with Crippen molar-refractivity contribution < 1.29 is 9.13 Å². The molecule has 3 rings (SSSR count). The van der Waals surface area contributed by atoms with Crippen molar-refractivity contribution in [1.29, 1.82) is 0 Å². The molecular weight excluding hydrogens is 353 g/mol. The number of hydrogen-bond donors (Lipinski definition) is 2. The Hall–Kier alpha value is -1.01. The predicted octanol–water partition coefficient (Wildman–Crippen LogP) is 3.88. The third-order valence-corrected chi connectivity index (χ3v) is 6.69. The van der Waals surface area contributed by atoms with Crippen LogP contribution < -0.4 is 10.6 Å². The summed E-state index contributed by atoms with van der Waals surface area (Å²) < 4.78 is 19.9. The Morgan fingerprint density at radius 3 is 2.68 bits per heavy atom. The molecule has 4 nitrogen and oxygen atoms in total. The summed E-state index contributed by atoms with van der Waals surface area (Å²) in [5.41, 5.74) is 1.15. The maximum atomic E-state index is 13.5. The van der Waals surface area contributed by atoms with Crippen LogP contribution in [0.15, 0.2) is 24.3 Å². The van der Waals surface area contributed by atoms with Gasteiger partial charge in [-0.05, 0) is 82.7 Å². The first-order valence-corrected chi connectivity index (χ1v) is 11.2. The summed E-state index contributed by atoms with van der Waals surface area (Å²) in [6.45, 7) is 7.33. The van der Waals surface area contributed by atoms with Crippen molar-refractivity contribution in [3.05, 3.63) is 35.6 Å². The quantitative estimate of drug-likeness (QED) is 0.705. The molecule has 2 fully saturated rings. The lowest BCUT2D eigenvalue weighted by Gasteiger charge is -2.45. The van der Waals surface area contributed by atoms with Crippen LogP contribution in [0.25, 0.3) is 0 Å². The van der Waals surface area contributed by atoms with Gasteiger partial charge in [0.25, 0.3) is 0 Å². The molecular formula is C23H38FN3O. The lowest BCUT2D eigenvalue weighted by Crippen LogP contribution is -2.61. The molecule has 1 saturated heterocycles. The van der Waals surface area contributed by atoms with Crippen LogP contribution in [-0.2, 0) is 4.74 Å². The van der Waals surface area contributed by atoms with Crippen molar-refractivity contribution in [2.24, 2.45) is 0 Å². The second-order valence-corrected chi connectivity index (χ2v) is 8.44. The molecule has 1 aromatic carbocycles. The Morgan fingerprint density at radius 2 is 2.00 bits per heavy atom. The Bertz CT molecular complexity index is 591. The molecule has 0 aromatic heterocycles. The zero-order valence-electron chi connectivity index (χ0n) is 17.8. The van der Waals surface area contributed by atoms with Gasteiger partial charge in [0, 0.05) is 18.6 Å². The van der Waals surface area contributed by atoms with Crippen LogP contribution in [0.5, 0.6) is 0 Å². The van der Waals surface area contributed by atoms with E-state index in [1.807, 2.05) is 6.07 Å². The highest BCUT2D eigenvalue weighted by atomic mass is 19.1. The highest BCUT2D eigenvalue weighted by molar-refractivity contribution is 5.21. The van der Waals surface area contributed by atoms with Gasteiger partial charge in [0.05, 0.1) is 18.9 Å². The van der Waals surface area contributed by atoms with Crippen molar-refractivity contribution in [3.63, 3.8) is 0 Å². The van der Waals surface area contributed by atoms with Gasteiger partial charge < -0.3 is 15.4 Å². The number of likely N-dealkylation sites (tertiary alicyclic amines) is 1. The lowest BCUT2D eigenvalue weighted by atomic mass is 9.82. The molecule has 0 bridgehead atoms. The van der Waals surface area contributed by atoms with Crippen molar-refractivity contribution in [3.8, 4) is 0 Å². The topological polar surface area (TPSA) is 36.5 Å². The maximum absolute atomic E-state index is 13.5. The van der Waals surface area contributed by atoms with E-state index in [0.717, 1.165) is 50.9 Å². The minimum Gasteiger partial charge on any atom is -0.377 e. The van der Waals surface area contributed by atoms with Gasteiger partial charge in [-0.15, -0.1) is 0 Å². The molecule has 3 atom stereocenters. The van der Waals surface area contributed by atoms with E-state index in [1.165, 1.54) is 18.9 Å². The number of nitrogens with zero attached hydrogens (tertiary/aromatic N) is 1. The molecule has 2 aliphatic rings. The molecule has 0 spiro atoms. The first-order chi connectivity index (χ1) is 13.6. The first-order valence-electron chi connectivity index (χ1n) is 11.2. The molecule has 2 N–H and O–H groups in total. The van der Waals surface area contributed by atoms with Gasteiger partial charge in [-0.2, -0.15) is 0 Å². The van der Waals surface area contributed by atoms with Gasteiger partial charge in [0.2, 0.25) is 0 Å². The van der Waals surface area contributed by atoms with Crippen LogP contribution in [0.2, 0.25) is 0 Å². The molecule has 0 radical (unpaired) electrons. The van der Waals surface area contributed by atoms with Crippen molar-refractivity contribution in [2.45, 2.75) is 82.6 Å². The van der Waals surface area contributed by atoms with E-state index in [0.29, 0.717) is 30.3 Å². The van der Waals surface area contributed by atoms with Crippen molar-refractivity contribution >= 4 is 0 Å². The number of nitrogens with one attached hydrogen (secondary N) is 2. The summed E-state index contributed by atoms with van der Waals surface area (Å²) >= 11 is 0. The molecule has 1 aliphatic carbocycles. The van der Waals surface area contributed by atoms with Crippen LogP contribution >= 0.6 is 0 Å². The molecule has 1 saturated carbocycles. The Labute approximate surface area is 170 Å². The maximum Gasteiger partial charge on any atom is 0.123 e. The average Bonchev–Trinajstić information content (AvgIpc) is 2.72. The molecule has 1 aromatic rings. The fraction of sp³-hybridized carbons (Fsp3) is 0.739. The number of piperidine rings is 1. The van der Waals surface area contributed by atoms with Crippen molar-refractivity contribution in [2.75, 3.05) is 26.7 Å². The number of halogens is 1. The SMILES string of the molecule is CCNC(C)N1CCCC(NC)C1CO[C@H]1CC[C@@H](c2cccc(F)c2)CC1. The Morgan fingerprint density at radius 1 is 1.21 bits per heavy atom. The van der Waals surface area contributed by atoms with Crippen LogP contribution in [0.4, 0.5) is 4.39 Å². The van der Waals surface area contributed by atoms with E-state index in [-0.39, 0.29) is 5.82 Å². The summed E-state index contributed by atoms with van der Waals surface area (Å²) in [6, 6.07) is 8.02. The lowest BCUT2D eigenvalue weighted by molar-refractivity contribution is -0.0426. The minimum atomic E-state index is -0.124. The fourth-order valence-corrected chi connectivity index (χ4v) is 5.08. The summed E-state index contributed by atoms with van der Waals surface area (Å²) in [5, 5.41) is 7.09. The van der Waals surface area contributed by atoms with E-state index in [1.54, 1.807) is 6.07 Å². The molecule has 158 valence electrons. The molecule has 1 aliphatic heterocycles. The predicted molar refractivity (Wildman–Crippen MR) is 113 cm³/mol. The van der Waals surface area contributed by atoms with Crippen LogP contribution in [0.3, 0.4) is 0 Å². The summed E-state index contributed by atoms with van der Waals surface area (Å²) in [5.74, 6) is 0.349. The molecule has 28 heavy (non-hydrogen) atoms. The minimum absolute atomic E-state index is 0.124. The van der Waals surface area contributed by atoms with Gasteiger partial charge in [-0.1, -0.05) is 19.1 Å². The monoisotopic (exact) mass is 391 g/mol. The van der Waals surface area contributed by atoms with Crippen LogP contribution in [-0.4, -0.2) is 56.0 Å². The van der Waals surface area contributed by atoms with Crippen molar-refractivity contribution in [1.82, 2.24) is 15.5 Å². The number of likely N-dealkylation sites (N-methyl/N-ethyl adjacent to an activating group) is 1. The highest BCUT2D eigenvalue weighted by Crippen LogP contribution is 2.34. The van der Waals surface area contributed by atoms with Crippen LogP contribution in [0.1, 0.15) is 63.9 Å². The van der Waals surface area contributed by atoms with Gasteiger partial charge >= 0.3 is 0 Å². The number of ether oxygens (including phenoxy) is 1. The second kappa shape index (κ2) is 10.7. The zero-order valence-corrected chi connectivity index (χ0v) is 17.8. The van der Waals surface area contributed by atoms with E-state index in [2.05, 4.69) is 42.5 Å². The second-order valence-electron chi connectivity index (χ2n) is 8.44. The average molecular weight is 392 g/mol. The number of hydrogen-bond acceptors (Lipinski definition) is 4. The Balaban J connectivity index is 1.52.